The lowest BCUT2D eigenvalue weighted by atomic mass is 10.1. The molecule has 6 heteroatoms. The van der Waals surface area contributed by atoms with E-state index in [9.17, 15) is 10.1 Å². The highest BCUT2D eigenvalue weighted by atomic mass is 16.6. The van der Waals surface area contributed by atoms with E-state index in [0.29, 0.717) is 5.69 Å². The van der Waals surface area contributed by atoms with Crippen molar-refractivity contribution in [1.29, 1.82) is 0 Å². The largest absolute Gasteiger partial charge is 0.394 e. The van der Waals surface area contributed by atoms with Crippen molar-refractivity contribution in [3.8, 4) is 0 Å². The SMILES string of the molecule is CC(CO)(CO)Nc1ccc([N+](=O)[O-])cc1. The topological polar surface area (TPSA) is 95.6 Å². The maximum atomic E-state index is 10.4. The lowest BCUT2D eigenvalue weighted by Crippen LogP contribution is -2.42. The summed E-state index contributed by atoms with van der Waals surface area (Å²) < 4.78 is 0. The van der Waals surface area contributed by atoms with Gasteiger partial charge in [-0.25, -0.2) is 0 Å². The van der Waals surface area contributed by atoms with E-state index in [2.05, 4.69) is 5.32 Å². The fourth-order valence-electron chi connectivity index (χ4n) is 1.14. The lowest BCUT2D eigenvalue weighted by Gasteiger charge is -2.27. The molecule has 0 aromatic heterocycles. The maximum absolute atomic E-state index is 10.4. The molecule has 0 aliphatic carbocycles. The van der Waals surface area contributed by atoms with Crippen molar-refractivity contribution in [2.24, 2.45) is 0 Å². The van der Waals surface area contributed by atoms with Gasteiger partial charge in [0.25, 0.3) is 5.69 Å². The molecule has 0 aliphatic heterocycles. The lowest BCUT2D eigenvalue weighted by molar-refractivity contribution is -0.384. The zero-order valence-electron chi connectivity index (χ0n) is 8.88. The first-order chi connectivity index (χ1) is 7.50. The molecule has 0 saturated carbocycles. The minimum atomic E-state index is -0.837. The molecule has 1 aromatic rings. The Kier molecular flexibility index (Phi) is 3.81. The summed E-state index contributed by atoms with van der Waals surface area (Å²) in [6, 6.07) is 5.78. The van der Waals surface area contributed by atoms with Gasteiger partial charge in [0, 0.05) is 17.8 Å². The number of nitrogens with one attached hydrogen (secondary N) is 1. The number of aliphatic hydroxyl groups excluding tert-OH is 2. The minimum absolute atomic E-state index is 0.000231. The zero-order valence-corrected chi connectivity index (χ0v) is 8.88. The number of rotatable bonds is 5. The van der Waals surface area contributed by atoms with Crippen LogP contribution in [0.3, 0.4) is 0 Å². The first-order valence-electron chi connectivity index (χ1n) is 4.75. The summed E-state index contributed by atoms with van der Waals surface area (Å²) in [4.78, 5) is 9.93. The normalized spacial score (nSPS) is 11.2. The van der Waals surface area contributed by atoms with Gasteiger partial charge in [0.05, 0.1) is 23.7 Å². The van der Waals surface area contributed by atoms with E-state index < -0.39 is 10.5 Å². The standard InChI is InChI=1S/C10H14N2O4/c1-10(6-13,7-14)11-8-2-4-9(5-3-8)12(15)16/h2-5,11,13-14H,6-7H2,1H3. The predicted molar refractivity (Wildman–Crippen MR) is 59.3 cm³/mol. The van der Waals surface area contributed by atoms with Gasteiger partial charge >= 0.3 is 0 Å². The summed E-state index contributed by atoms with van der Waals surface area (Å²) in [5.41, 5.74) is -0.229. The second-order valence-electron chi connectivity index (χ2n) is 3.81. The summed E-state index contributed by atoms with van der Waals surface area (Å²) in [6.07, 6.45) is 0. The first-order valence-corrected chi connectivity index (χ1v) is 4.75. The number of aliphatic hydroxyl groups is 2. The molecule has 0 atom stereocenters. The third kappa shape index (κ3) is 2.91. The van der Waals surface area contributed by atoms with E-state index in [-0.39, 0.29) is 18.9 Å². The molecule has 0 spiro atoms. The van der Waals surface area contributed by atoms with Gasteiger partial charge in [-0.1, -0.05) is 0 Å². The van der Waals surface area contributed by atoms with Crippen LogP contribution in [-0.2, 0) is 0 Å². The number of nitrogens with zero attached hydrogens (tertiary/aromatic N) is 1. The van der Waals surface area contributed by atoms with Crippen molar-refractivity contribution < 1.29 is 15.1 Å². The molecule has 0 radical (unpaired) electrons. The van der Waals surface area contributed by atoms with Crippen molar-refractivity contribution in [2.45, 2.75) is 12.5 Å². The number of nitro groups is 1. The Hall–Kier alpha value is -1.66. The average Bonchev–Trinajstić information content (AvgIpc) is 2.29. The Morgan fingerprint density at radius 2 is 1.81 bits per heavy atom. The third-order valence-corrected chi connectivity index (χ3v) is 2.22. The van der Waals surface area contributed by atoms with Crippen molar-refractivity contribution in [3.63, 3.8) is 0 Å². The number of non-ortho nitro benzene ring substituents is 1. The number of hydrogen-bond acceptors (Lipinski definition) is 5. The van der Waals surface area contributed by atoms with E-state index in [1.165, 1.54) is 24.3 Å². The smallest absolute Gasteiger partial charge is 0.269 e. The van der Waals surface area contributed by atoms with Gasteiger partial charge in [0.15, 0.2) is 0 Å². The van der Waals surface area contributed by atoms with Crippen LogP contribution in [0.1, 0.15) is 6.92 Å². The maximum Gasteiger partial charge on any atom is 0.269 e. The Labute approximate surface area is 92.7 Å². The highest BCUT2D eigenvalue weighted by Gasteiger charge is 2.21. The molecule has 0 amide bonds. The van der Waals surface area contributed by atoms with Crippen LogP contribution < -0.4 is 5.32 Å². The Balaban J connectivity index is 2.79. The average molecular weight is 226 g/mol. The highest BCUT2D eigenvalue weighted by molar-refractivity contribution is 5.50. The molecular weight excluding hydrogens is 212 g/mol. The summed E-state index contributed by atoms with van der Waals surface area (Å²) in [5, 5.41) is 31.4. The van der Waals surface area contributed by atoms with Crippen molar-refractivity contribution in [2.75, 3.05) is 18.5 Å². The van der Waals surface area contributed by atoms with Gasteiger partial charge in [-0.15, -0.1) is 0 Å². The molecule has 0 aliphatic rings. The monoisotopic (exact) mass is 226 g/mol. The van der Waals surface area contributed by atoms with Gasteiger partial charge in [-0.2, -0.15) is 0 Å². The van der Waals surface area contributed by atoms with Crippen molar-refractivity contribution in [1.82, 2.24) is 0 Å². The number of benzene rings is 1. The highest BCUT2D eigenvalue weighted by Crippen LogP contribution is 2.18. The number of hydrogen-bond donors (Lipinski definition) is 3. The van der Waals surface area contributed by atoms with E-state index in [1.54, 1.807) is 6.92 Å². The Bertz CT molecular complexity index is 360. The van der Waals surface area contributed by atoms with Crippen molar-refractivity contribution in [3.05, 3.63) is 34.4 Å². The Morgan fingerprint density at radius 3 is 2.19 bits per heavy atom. The van der Waals surface area contributed by atoms with Gasteiger partial charge < -0.3 is 15.5 Å². The van der Waals surface area contributed by atoms with E-state index >= 15 is 0 Å². The second kappa shape index (κ2) is 4.91. The molecule has 3 N–H and O–H groups in total. The molecule has 0 saturated heterocycles. The van der Waals surface area contributed by atoms with Gasteiger partial charge in [0.2, 0.25) is 0 Å². The molecule has 0 heterocycles. The molecule has 0 unspecified atom stereocenters. The second-order valence-corrected chi connectivity index (χ2v) is 3.81. The van der Waals surface area contributed by atoms with Crippen molar-refractivity contribution >= 4 is 11.4 Å². The number of nitro benzene ring substituents is 1. The van der Waals surface area contributed by atoms with E-state index in [1.807, 2.05) is 0 Å². The minimum Gasteiger partial charge on any atom is -0.394 e. The predicted octanol–water partition coefficient (Wildman–Crippen LogP) is 0.750. The van der Waals surface area contributed by atoms with Crippen LogP contribution in [0, 0.1) is 10.1 Å². The van der Waals surface area contributed by atoms with Crippen LogP contribution in [-0.4, -0.2) is 33.9 Å². The fraction of sp³-hybridized carbons (Fsp3) is 0.400. The number of anilines is 1. The summed E-state index contributed by atoms with van der Waals surface area (Å²) >= 11 is 0. The van der Waals surface area contributed by atoms with Crippen LogP contribution in [0.4, 0.5) is 11.4 Å². The van der Waals surface area contributed by atoms with Crippen LogP contribution in [0.2, 0.25) is 0 Å². The zero-order chi connectivity index (χ0) is 12.2. The third-order valence-electron chi connectivity index (χ3n) is 2.22. The van der Waals surface area contributed by atoms with Crippen LogP contribution >= 0.6 is 0 Å². The fourth-order valence-corrected chi connectivity index (χ4v) is 1.14. The molecule has 88 valence electrons. The van der Waals surface area contributed by atoms with Gasteiger partial charge in [-0.3, -0.25) is 10.1 Å². The van der Waals surface area contributed by atoms with Gasteiger partial charge in [0.1, 0.15) is 0 Å². The molecule has 0 fully saturated rings. The summed E-state index contributed by atoms with van der Waals surface area (Å²) in [5.74, 6) is 0. The van der Waals surface area contributed by atoms with E-state index in [0.717, 1.165) is 0 Å². The summed E-state index contributed by atoms with van der Waals surface area (Å²) in [7, 11) is 0. The molecule has 1 rings (SSSR count). The first kappa shape index (κ1) is 12.4. The molecule has 16 heavy (non-hydrogen) atoms. The van der Waals surface area contributed by atoms with E-state index in [4.69, 9.17) is 10.2 Å². The van der Waals surface area contributed by atoms with Gasteiger partial charge in [-0.05, 0) is 19.1 Å². The summed E-state index contributed by atoms with van der Waals surface area (Å²) in [6.45, 7) is 1.18. The van der Waals surface area contributed by atoms with Crippen LogP contribution in [0.15, 0.2) is 24.3 Å². The molecule has 0 bridgehead atoms. The Morgan fingerprint density at radius 1 is 1.31 bits per heavy atom. The molecule has 1 aromatic carbocycles. The quantitative estimate of drug-likeness (QED) is 0.508. The van der Waals surface area contributed by atoms with Crippen LogP contribution in [0.25, 0.3) is 0 Å². The molecular formula is C10H14N2O4. The van der Waals surface area contributed by atoms with Crippen LogP contribution in [0.5, 0.6) is 0 Å². The molecule has 6 nitrogen and oxygen atoms in total.